The summed E-state index contributed by atoms with van der Waals surface area (Å²) in [4.78, 5) is 13.3. The van der Waals surface area contributed by atoms with Gasteiger partial charge in [-0.3, -0.25) is 9.10 Å². The molecule has 3 aromatic carbocycles. The van der Waals surface area contributed by atoms with E-state index in [0.717, 1.165) is 43.3 Å². The Morgan fingerprint density at radius 3 is 2.41 bits per heavy atom. The summed E-state index contributed by atoms with van der Waals surface area (Å²) in [7, 11) is -2.40. The lowest BCUT2D eigenvalue weighted by Gasteiger charge is -2.19. The predicted molar refractivity (Wildman–Crippen MR) is 128 cm³/mol. The van der Waals surface area contributed by atoms with Gasteiger partial charge in [0, 0.05) is 17.4 Å². The van der Waals surface area contributed by atoms with Crippen molar-refractivity contribution in [2.45, 2.75) is 18.7 Å². The maximum Gasteiger partial charge on any atom is 0.265 e. The third-order valence-electron chi connectivity index (χ3n) is 5.20. The van der Waals surface area contributed by atoms with E-state index in [2.05, 4.69) is 5.32 Å². The number of carbonyl (C=O) groups excluding carboxylic acids is 1. The van der Waals surface area contributed by atoms with Crippen molar-refractivity contribution in [3.63, 3.8) is 0 Å². The Kier molecular flexibility index (Phi) is 5.75. The lowest BCUT2D eigenvalue weighted by atomic mass is 10.1. The topological polar surface area (TPSA) is 66.5 Å². The molecule has 0 aliphatic carbocycles. The molecule has 4 aromatic rings. The average Bonchev–Trinajstić information content (AvgIpc) is 3.19. The van der Waals surface area contributed by atoms with E-state index in [9.17, 15) is 17.6 Å². The zero-order valence-electron chi connectivity index (χ0n) is 17.7. The zero-order valence-corrected chi connectivity index (χ0v) is 19.4. The van der Waals surface area contributed by atoms with Gasteiger partial charge in [-0.25, -0.2) is 12.8 Å². The molecule has 0 aliphatic heterocycles. The van der Waals surface area contributed by atoms with Crippen molar-refractivity contribution < 1.29 is 17.6 Å². The Morgan fingerprint density at radius 2 is 1.69 bits per heavy atom. The number of benzene rings is 3. The van der Waals surface area contributed by atoms with Crippen molar-refractivity contribution in [2.75, 3.05) is 16.7 Å². The summed E-state index contributed by atoms with van der Waals surface area (Å²) in [6.07, 6.45) is 0. The molecule has 0 radical (unpaired) electrons. The molecule has 4 rings (SSSR count). The second-order valence-electron chi connectivity index (χ2n) is 7.53. The van der Waals surface area contributed by atoms with Gasteiger partial charge in [0.2, 0.25) is 0 Å². The van der Waals surface area contributed by atoms with Crippen molar-refractivity contribution in [1.82, 2.24) is 0 Å². The molecule has 1 N–H and O–H groups in total. The molecule has 32 heavy (non-hydrogen) atoms. The van der Waals surface area contributed by atoms with E-state index in [1.807, 2.05) is 32.0 Å². The Hall–Kier alpha value is -3.23. The number of carbonyl (C=O) groups is 1. The standard InChI is InChI=1S/C24H21FN2O3S2/c1-15-4-5-16(2)21(12-15)26-24(28)23-14-17-13-19(8-11-22(17)31-23)27(3)32(29,30)20-9-6-18(25)7-10-20/h4-14H,1-3H3,(H,26,28). The van der Waals surface area contributed by atoms with Crippen molar-refractivity contribution in [3.05, 3.63) is 88.6 Å². The van der Waals surface area contributed by atoms with Gasteiger partial charge in [0.25, 0.3) is 15.9 Å². The van der Waals surface area contributed by atoms with Crippen LogP contribution >= 0.6 is 11.3 Å². The minimum absolute atomic E-state index is 0.000377. The van der Waals surface area contributed by atoms with E-state index >= 15 is 0 Å². The number of fused-ring (bicyclic) bond motifs is 1. The van der Waals surface area contributed by atoms with Crippen molar-refractivity contribution in [1.29, 1.82) is 0 Å². The summed E-state index contributed by atoms with van der Waals surface area (Å²) in [5.41, 5.74) is 3.23. The van der Waals surface area contributed by atoms with Gasteiger partial charge in [-0.05, 0) is 85.0 Å². The normalized spacial score (nSPS) is 11.5. The minimum Gasteiger partial charge on any atom is -0.321 e. The molecular formula is C24H21FN2O3S2. The molecule has 0 atom stereocenters. The van der Waals surface area contributed by atoms with Crippen molar-refractivity contribution in [2.24, 2.45) is 0 Å². The number of nitrogens with one attached hydrogen (secondary N) is 1. The number of rotatable bonds is 5. The van der Waals surface area contributed by atoms with Crippen LogP contribution in [0.25, 0.3) is 10.1 Å². The molecule has 0 fully saturated rings. The Morgan fingerprint density at radius 1 is 0.969 bits per heavy atom. The number of sulfonamides is 1. The van der Waals surface area contributed by atoms with Crippen LogP contribution < -0.4 is 9.62 Å². The molecule has 5 nitrogen and oxygen atoms in total. The summed E-state index contributed by atoms with van der Waals surface area (Å²) >= 11 is 1.34. The van der Waals surface area contributed by atoms with E-state index < -0.39 is 15.8 Å². The van der Waals surface area contributed by atoms with Gasteiger partial charge in [0.15, 0.2) is 0 Å². The van der Waals surface area contributed by atoms with Gasteiger partial charge in [0.05, 0.1) is 15.5 Å². The predicted octanol–water partition coefficient (Wildman–Crippen LogP) is 5.73. The third-order valence-corrected chi connectivity index (χ3v) is 8.12. The van der Waals surface area contributed by atoms with Crippen LogP contribution in [0.15, 0.2) is 71.6 Å². The second kappa shape index (κ2) is 8.37. The highest BCUT2D eigenvalue weighted by atomic mass is 32.2. The minimum atomic E-state index is -3.85. The lowest BCUT2D eigenvalue weighted by Crippen LogP contribution is -2.26. The molecule has 8 heteroatoms. The second-order valence-corrected chi connectivity index (χ2v) is 10.6. The molecule has 0 saturated carbocycles. The van der Waals surface area contributed by atoms with Gasteiger partial charge in [-0.2, -0.15) is 0 Å². The zero-order chi connectivity index (χ0) is 23.0. The van der Waals surface area contributed by atoms with Crippen LogP contribution in [-0.4, -0.2) is 21.4 Å². The Balaban J connectivity index is 1.62. The first-order chi connectivity index (χ1) is 15.1. The Labute approximate surface area is 190 Å². The fraction of sp³-hybridized carbons (Fsp3) is 0.125. The highest BCUT2D eigenvalue weighted by Crippen LogP contribution is 2.32. The highest BCUT2D eigenvalue weighted by Gasteiger charge is 2.22. The molecule has 0 aliphatic rings. The van der Waals surface area contributed by atoms with Gasteiger partial charge < -0.3 is 5.32 Å². The maximum atomic E-state index is 13.2. The fourth-order valence-electron chi connectivity index (χ4n) is 3.30. The van der Waals surface area contributed by atoms with Crippen LogP contribution in [0.5, 0.6) is 0 Å². The quantitative estimate of drug-likeness (QED) is 0.406. The highest BCUT2D eigenvalue weighted by molar-refractivity contribution is 7.92. The lowest BCUT2D eigenvalue weighted by molar-refractivity contribution is 0.103. The van der Waals surface area contributed by atoms with E-state index in [-0.39, 0.29) is 10.8 Å². The smallest absolute Gasteiger partial charge is 0.265 e. The van der Waals surface area contributed by atoms with Crippen molar-refractivity contribution in [3.8, 4) is 0 Å². The first-order valence-corrected chi connectivity index (χ1v) is 12.1. The van der Waals surface area contributed by atoms with Gasteiger partial charge in [-0.15, -0.1) is 11.3 Å². The van der Waals surface area contributed by atoms with Crippen molar-refractivity contribution >= 4 is 48.7 Å². The monoisotopic (exact) mass is 468 g/mol. The van der Waals surface area contributed by atoms with E-state index in [1.54, 1.807) is 24.3 Å². The number of nitrogens with zero attached hydrogens (tertiary/aromatic N) is 1. The summed E-state index contributed by atoms with van der Waals surface area (Å²) in [5.74, 6) is -0.716. The molecule has 164 valence electrons. The van der Waals surface area contributed by atoms with Crippen LogP contribution in [0.4, 0.5) is 15.8 Å². The molecule has 0 spiro atoms. The number of amides is 1. The molecule has 0 saturated heterocycles. The van der Waals surface area contributed by atoms with E-state index in [0.29, 0.717) is 10.6 Å². The molecule has 1 amide bonds. The average molecular weight is 469 g/mol. The number of aryl methyl sites for hydroxylation is 2. The van der Waals surface area contributed by atoms with Crippen LogP contribution in [0.1, 0.15) is 20.8 Å². The largest absolute Gasteiger partial charge is 0.321 e. The SMILES string of the molecule is Cc1ccc(C)c(NC(=O)c2cc3cc(N(C)S(=O)(=O)c4ccc(F)cc4)ccc3s2)c1. The van der Waals surface area contributed by atoms with Crippen LogP contribution in [0.2, 0.25) is 0 Å². The molecule has 0 bridgehead atoms. The maximum absolute atomic E-state index is 13.2. The molecule has 1 heterocycles. The van der Waals surface area contributed by atoms with E-state index in [1.165, 1.54) is 30.5 Å². The molecule has 0 unspecified atom stereocenters. The molecule has 1 aromatic heterocycles. The van der Waals surface area contributed by atoms with E-state index in [4.69, 9.17) is 0 Å². The number of hydrogen-bond acceptors (Lipinski definition) is 4. The van der Waals surface area contributed by atoms with Gasteiger partial charge >= 0.3 is 0 Å². The summed E-state index contributed by atoms with van der Waals surface area (Å²) in [6.45, 7) is 3.90. The summed E-state index contributed by atoms with van der Waals surface area (Å²) < 4.78 is 41.0. The third kappa shape index (κ3) is 4.24. The summed E-state index contributed by atoms with van der Waals surface area (Å²) in [5, 5.41) is 3.71. The number of hydrogen-bond donors (Lipinski definition) is 1. The number of thiophene rings is 1. The van der Waals surface area contributed by atoms with Crippen LogP contribution in [0.3, 0.4) is 0 Å². The Bertz CT molecular complexity index is 1430. The van der Waals surface area contributed by atoms with Crippen LogP contribution in [0, 0.1) is 19.7 Å². The fourth-order valence-corrected chi connectivity index (χ4v) is 5.42. The van der Waals surface area contributed by atoms with Crippen LogP contribution in [-0.2, 0) is 10.0 Å². The van der Waals surface area contributed by atoms with Gasteiger partial charge in [0.1, 0.15) is 5.82 Å². The summed E-state index contributed by atoms with van der Waals surface area (Å²) in [6, 6.07) is 17.5. The first-order valence-electron chi connectivity index (χ1n) is 9.82. The first kappa shape index (κ1) is 22.0. The molecular weight excluding hydrogens is 447 g/mol. The number of anilines is 2. The number of halogens is 1. The van der Waals surface area contributed by atoms with Gasteiger partial charge in [-0.1, -0.05) is 12.1 Å².